The molecule has 0 fully saturated rings. The van der Waals surface area contributed by atoms with Gasteiger partial charge in [0.15, 0.2) is 0 Å². The first-order valence-corrected chi connectivity index (χ1v) is 8.53. The van der Waals surface area contributed by atoms with Crippen LogP contribution in [0, 0.1) is 0 Å². The first kappa shape index (κ1) is 18.0. The number of carbonyl (C=O) groups excluding carboxylic acids is 1. The van der Waals surface area contributed by atoms with Gasteiger partial charge in [0, 0.05) is 44.6 Å². The summed E-state index contributed by atoms with van der Waals surface area (Å²) < 4.78 is 0. The topological polar surface area (TPSA) is 45.2 Å². The monoisotopic (exact) mass is 325 g/mol. The van der Waals surface area contributed by atoms with Crippen molar-refractivity contribution in [2.24, 2.45) is 0 Å². The van der Waals surface area contributed by atoms with E-state index in [2.05, 4.69) is 48.4 Å². The van der Waals surface area contributed by atoms with Crippen molar-refractivity contribution < 1.29 is 4.79 Å². The Kier molecular flexibility index (Phi) is 6.79. The third-order valence-corrected chi connectivity index (χ3v) is 4.16. The lowest BCUT2D eigenvalue weighted by Crippen LogP contribution is -2.30. The molecule has 1 heterocycles. The molecule has 0 aliphatic rings. The van der Waals surface area contributed by atoms with Gasteiger partial charge >= 0.3 is 0 Å². The number of aromatic nitrogens is 1. The van der Waals surface area contributed by atoms with E-state index in [-0.39, 0.29) is 5.91 Å². The van der Waals surface area contributed by atoms with Crippen LogP contribution < -0.4 is 5.32 Å². The maximum absolute atomic E-state index is 12.2. The lowest BCUT2D eigenvalue weighted by atomic mass is 10.0. The van der Waals surface area contributed by atoms with E-state index < -0.39 is 0 Å². The number of carbonyl (C=O) groups is 1. The minimum absolute atomic E-state index is 0.162. The smallest absolute Gasteiger partial charge is 0.224 e. The van der Waals surface area contributed by atoms with Gasteiger partial charge < -0.3 is 10.2 Å². The highest BCUT2D eigenvalue weighted by Gasteiger charge is 2.08. The molecule has 1 aromatic heterocycles. The molecule has 0 radical (unpaired) electrons. The molecule has 0 aliphatic heterocycles. The minimum atomic E-state index is 0.162. The zero-order valence-corrected chi connectivity index (χ0v) is 14.8. The van der Waals surface area contributed by atoms with E-state index >= 15 is 0 Å². The number of nitrogens with one attached hydrogen (secondary N) is 1. The zero-order valence-electron chi connectivity index (χ0n) is 14.8. The molecular formula is C20H27N3O. The third-order valence-electron chi connectivity index (χ3n) is 4.16. The quantitative estimate of drug-likeness (QED) is 0.805. The largest absolute Gasteiger partial charge is 0.385 e. The number of likely N-dealkylation sites (N-methyl/N-ethyl adjacent to an activating group) is 1. The van der Waals surface area contributed by atoms with Crippen LogP contribution in [0.5, 0.6) is 0 Å². The summed E-state index contributed by atoms with van der Waals surface area (Å²) in [4.78, 5) is 18.0. The molecule has 2 rings (SSSR count). The van der Waals surface area contributed by atoms with Crippen LogP contribution >= 0.6 is 0 Å². The van der Waals surface area contributed by atoms with Crippen molar-refractivity contribution in [3.63, 3.8) is 0 Å². The van der Waals surface area contributed by atoms with Gasteiger partial charge in [0.05, 0.1) is 0 Å². The minimum Gasteiger partial charge on any atom is -0.385 e. The predicted octanol–water partition coefficient (Wildman–Crippen LogP) is 3.71. The van der Waals surface area contributed by atoms with Gasteiger partial charge in [0.1, 0.15) is 0 Å². The van der Waals surface area contributed by atoms with Crippen LogP contribution in [0.4, 0.5) is 5.69 Å². The van der Waals surface area contributed by atoms with E-state index in [1.807, 2.05) is 19.2 Å². The van der Waals surface area contributed by atoms with Gasteiger partial charge in [-0.3, -0.25) is 9.78 Å². The SMILES string of the molecule is CC(C)c1ccc(NCCC(=O)N(C)CCc2ccncc2)cc1. The van der Waals surface area contributed by atoms with Crippen molar-refractivity contribution in [2.75, 3.05) is 25.5 Å². The van der Waals surface area contributed by atoms with Crippen LogP contribution in [0.15, 0.2) is 48.8 Å². The third kappa shape index (κ3) is 5.69. The van der Waals surface area contributed by atoms with Crippen molar-refractivity contribution in [2.45, 2.75) is 32.6 Å². The Morgan fingerprint density at radius 1 is 1.12 bits per heavy atom. The maximum Gasteiger partial charge on any atom is 0.224 e. The van der Waals surface area contributed by atoms with Crippen molar-refractivity contribution in [3.8, 4) is 0 Å². The number of pyridine rings is 1. The fourth-order valence-electron chi connectivity index (χ4n) is 2.46. The molecule has 4 nitrogen and oxygen atoms in total. The fourth-order valence-corrected chi connectivity index (χ4v) is 2.46. The number of anilines is 1. The van der Waals surface area contributed by atoms with Gasteiger partial charge in [-0.15, -0.1) is 0 Å². The highest BCUT2D eigenvalue weighted by atomic mass is 16.2. The summed E-state index contributed by atoms with van der Waals surface area (Å²) in [5.74, 6) is 0.699. The summed E-state index contributed by atoms with van der Waals surface area (Å²) in [7, 11) is 1.86. The van der Waals surface area contributed by atoms with Crippen molar-refractivity contribution in [1.29, 1.82) is 0 Å². The second-order valence-corrected chi connectivity index (χ2v) is 6.37. The fraction of sp³-hybridized carbons (Fsp3) is 0.400. The molecule has 0 bridgehead atoms. The van der Waals surface area contributed by atoms with Gasteiger partial charge in [-0.25, -0.2) is 0 Å². The molecule has 0 saturated carbocycles. The Morgan fingerprint density at radius 3 is 2.42 bits per heavy atom. The molecule has 128 valence electrons. The molecule has 1 amide bonds. The average Bonchev–Trinajstić information content (AvgIpc) is 2.61. The molecule has 0 unspecified atom stereocenters. The number of hydrogen-bond acceptors (Lipinski definition) is 3. The van der Waals surface area contributed by atoms with E-state index in [1.165, 1.54) is 11.1 Å². The van der Waals surface area contributed by atoms with Crippen molar-refractivity contribution in [3.05, 3.63) is 59.9 Å². The van der Waals surface area contributed by atoms with Crippen LogP contribution in [-0.2, 0) is 11.2 Å². The first-order valence-electron chi connectivity index (χ1n) is 8.53. The van der Waals surface area contributed by atoms with Crippen molar-refractivity contribution >= 4 is 11.6 Å². The van der Waals surface area contributed by atoms with Crippen LogP contribution in [-0.4, -0.2) is 35.9 Å². The van der Waals surface area contributed by atoms with Gasteiger partial charge in [-0.2, -0.15) is 0 Å². The summed E-state index contributed by atoms with van der Waals surface area (Å²) in [6, 6.07) is 12.4. The summed E-state index contributed by atoms with van der Waals surface area (Å²) in [5.41, 5.74) is 3.59. The number of amides is 1. The Labute approximate surface area is 144 Å². The van der Waals surface area contributed by atoms with E-state index in [0.717, 1.165) is 18.7 Å². The number of benzene rings is 1. The Morgan fingerprint density at radius 2 is 1.79 bits per heavy atom. The number of hydrogen-bond donors (Lipinski definition) is 1. The van der Waals surface area contributed by atoms with E-state index in [4.69, 9.17) is 0 Å². The number of nitrogens with zero attached hydrogens (tertiary/aromatic N) is 2. The standard InChI is InChI=1S/C20H27N3O/c1-16(2)18-4-6-19(7-5-18)22-14-10-20(24)23(3)15-11-17-8-12-21-13-9-17/h4-9,12-13,16,22H,10-11,14-15H2,1-3H3. The lowest BCUT2D eigenvalue weighted by molar-refractivity contribution is -0.129. The summed E-state index contributed by atoms with van der Waals surface area (Å²) in [6.07, 6.45) is 4.92. The molecule has 0 saturated heterocycles. The van der Waals surface area contributed by atoms with Crippen molar-refractivity contribution in [1.82, 2.24) is 9.88 Å². The first-order chi connectivity index (χ1) is 11.6. The highest BCUT2D eigenvalue weighted by Crippen LogP contribution is 2.17. The molecule has 1 aromatic carbocycles. The van der Waals surface area contributed by atoms with Gasteiger partial charge in [0.2, 0.25) is 5.91 Å². The Bertz CT molecular complexity index is 623. The molecule has 0 spiro atoms. The molecule has 0 aliphatic carbocycles. The van der Waals surface area contributed by atoms with Gasteiger partial charge in [-0.1, -0.05) is 26.0 Å². The van der Waals surface area contributed by atoms with Crippen LogP contribution in [0.2, 0.25) is 0 Å². The van der Waals surface area contributed by atoms with E-state index in [9.17, 15) is 4.79 Å². The normalized spacial score (nSPS) is 10.7. The van der Waals surface area contributed by atoms with E-state index in [1.54, 1.807) is 17.3 Å². The lowest BCUT2D eigenvalue weighted by Gasteiger charge is -2.17. The molecule has 1 N–H and O–H groups in total. The Balaban J connectivity index is 1.70. The second kappa shape index (κ2) is 9.06. The molecule has 24 heavy (non-hydrogen) atoms. The van der Waals surface area contributed by atoms with Gasteiger partial charge in [-0.05, 0) is 47.7 Å². The maximum atomic E-state index is 12.2. The van der Waals surface area contributed by atoms with E-state index in [0.29, 0.717) is 18.9 Å². The zero-order chi connectivity index (χ0) is 17.4. The molecule has 0 atom stereocenters. The summed E-state index contributed by atoms with van der Waals surface area (Å²) in [5, 5.41) is 3.31. The average molecular weight is 325 g/mol. The van der Waals surface area contributed by atoms with Crippen LogP contribution in [0.25, 0.3) is 0 Å². The summed E-state index contributed by atoms with van der Waals surface area (Å²) >= 11 is 0. The summed E-state index contributed by atoms with van der Waals surface area (Å²) in [6.45, 7) is 5.75. The van der Waals surface area contributed by atoms with Crippen LogP contribution in [0.3, 0.4) is 0 Å². The Hall–Kier alpha value is -2.36. The predicted molar refractivity (Wildman–Crippen MR) is 99.2 cm³/mol. The molecule has 2 aromatic rings. The molecular weight excluding hydrogens is 298 g/mol. The molecule has 4 heteroatoms. The second-order valence-electron chi connectivity index (χ2n) is 6.37. The van der Waals surface area contributed by atoms with Gasteiger partial charge in [0.25, 0.3) is 0 Å². The number of rotatable bonds is 8. The highest BCUT2D eigenvalue weighted by molar-refractivity contribution is 5.76. The van der Waals surface area contributed by atoms with Crippen LogP contribution in [0.1, 0.15) is 37.3 Å².